The van der Waals surface area contributed by atoms with Gasteiger partial charge in [0, 0.05) is 17.1 Å². The highest BCUT2D eigenvalue weighted by atomic mass is 32.2. The molecule has 1 atom stereocenters. The van der Waals surface area contributed by atoms with E-state index in [-0.39, 0.29) is 16.6 Å². The summed E-state index contributed by atoms with van der Waals surface area (Å²) in [5, 5.41) is -0.360. The molecule has 132 valence electrons. The summed E-state index contributed by atoms with van der Waals surface area (Å²) in [4.78, 5) is 24.5. The van der Waals surface area contributed by atoms with Crippen molar-refractivity contribution < 1.29 is 18.5 Å². The van der Waals surface area contributed by atoms with Crippen molar-refractivity contribution in [1.82, 2.24) is 0 Å². The lowest BCUT2D eigenvalue weighted by Gasteiger charge is -2.14. The van der Waals surface area contributed by atoms with E-state index < -0.39 is 21.6 Å². The van der Waals surface area contributed by atoms with Gasteiger partial charge in [-0.1, -0.05) is 29.8 Å². The summed E-state index contributed by atoms with van der Waals surface area (Å²) in [5.74, 6) is -1.08. The van der Waals surface area contributed by atoms with Crippen LogP contribution in [0.15, 0.2) is 57.8 Å². The first kappa shape index (κ1) is 18.9. The normalized spacial score (nSPS) is 13.2. The number of rotatable bonds is 4. The van der Waals surface area contributed by atoms with Gasteiger partial charge in [-0.2, -0.15) is 4.36 Å². The molecule has 0 saturated heterocycles. The monoisotopic (exact) mass is 359 g/mol. The Kier molecular flexibility index (Phi) is 5.74. The lowest BCUT2D eigenvalue weighted by atomic mass is 10.1. The van der Waals surface area contributed by atoms with E-state index in [4.69, 9.17) is 4.74 Å². The Morgan fingerprint density at radius 1 is 1.08 bits per heavy atom. The number of amides is 1. The molecule has 2 rings (SSSR count). The third kappa shape index (κ3) is 4.33. The number of benzene rings is 2. The van der Waals surface area contributed by atoms with Crippen LogP contribution in [0.25, 0.3) is 0 Å². The van der Waals surface area contributed by atoms with Gasteiger partial charge in [0.2, 0.25) is 0 Å². The van der Waals surface area contributed by atoms with E-state index in [1.165, 1.54) is 6.92 Å². The molecule has 0 bridgehead atoms. The van der Waals surface area contributed by atoms with Crippen LogP contribution in [0, 0.1) is 6.92 Å². The average Bonchev–Trinajstić information content (AvgIpc) is 2.56. The van der Waals surface area contributed by atoms with Gasteiger partial charge in [0.1, 0.15) is 5.75 Å². The van der Waals surface area contributed by atoms with E-state index in [2.05, 4.69) is 4.36 Å². The topological polar surface area (TPSA) is 72.8 Å². The van der Waals surface area contributed by atoms with Gasteiger partial charge in [0.15, 0.2) is 0 Å². The summed E-state index contributed by atoms with van der Waals surface area (Å²) < 4.78 is 22.5. The van der Waals surface area contributed by atoms with Crippen LogP contribution < -0.4 is 4.74 Å². The summed E-state index contributed by atoms with van der Waals surface area (Å²) in [6.45, 7) is 6.59. The lowest BCUT2D eigenvalue weighted by Crippen LogP contribution is -2.17. The number of aryl methyl sites for hydroxylation is 1. The molecule has 6 heteroatoms. The number of hydrogen-bond acceptors (Lipinski definition) is 4. The first-order valence-corrected chi connectivity index (χ1v) is 9.46. The van der Waals surface area contributed by atoms with Crippen molar-refractivity contribution in [3.05, 3.63) is 59.7 Å². The van der Waals surface area contributed by atoms with Gasteiger partial charge < -0.3 is 4.74 Å². The van der Waals surface area contributed by atoms with Crippen LogP contribution >= 0.6 is 0 Å². The minimum Gasteiger partial charge on any atom is -0.426 e. The summed E-state index contributed by atoms with van der Waals surface area (Å²) in [7, 11) is -2.95. The van der Waals surface area contributed by atoms with Crippen molar-refractivity contribution in [3.8, 4) is 5.75 Å². The van der Waals surface area contributed by atoms with Crippen molar-refractivity contribution in [1.29, 1.82) is 0 Å². The van der Waals surface area contributed by atoms with Crippen LogP contribution in [0.3, 0.4) is 0 Å². The SMILES string of the molecule is CC(=O)Oc1ccc(C)cc1C(=O)N=S(=O)(c1ccccc1)C(C)C. The molecule has 2 aromatic carbocycles. The van der Waals surface area contributed by atoms with Crippen molar-refractivity contribution in [2.45, 2.75) is 37.8 Å². The lowest BCUT2D eigenvalue weighted by molar-refractivity contribution is -0.131. The van der Waals surface area contributed by atoms with E-state index in [0.29, 0.717) is 4.90 Å². The standard InChI is InChI=1S/C19H21NO4S/c1-13(2)25(23,16-8-6-5-7-9-16)20-19(22)17-12-14(3)10-11-18(17)24-15(4)21/h5-13H,1-4H3. The Balaban J connectivity index is 2.60. The molecule has 0 aliphatic carbocycles. The van der Waals surface area contributed by atoms with Crippen LogP contribution in [0.1, 0.15) is 36.7 Å². The molecule has 0 heterocycles. The highest BCUT2D eigenvalue weighted by molar-refractivity contribution is 7.94. The zero-order chi connectivity index (χ0) is 18.6. The molecule has 1 unspecified atom stereocenters. The first-order valence-electron chi connectivity index (χ1n) is 7.88. The highest BCUT2D eigenvalue weighted by Gasteiger charge is 2.22. The first-order chi connectivity index (χ1) is 11.7. The minimum absolute atomic E-state index is 0.116. The maximum Gasteiger partial charge on any atom is 0.308 e. The van der Waals surface area contributed by atoms with Crippen LogP contribution in [-0.4, -0.2) is 21.3 Å². The summed E-state index contributed by atoms with van der Waals surface area (Å²) >= 11 is 0. The smallest absolute Gasteiger partial charge is 0.308 e. The molecule has 0 radical (unpaired) electrons. The minimum atomic E-state index is -2.95. The van der Waals surface area contributed by atoms with Gasteiger partial charge in [0.25, 0.3) is 5.91 Å². The molecule has 5 nitrogen and oxygen atoms in total. The molecule has 0 aliphatic heterocycles. The summed E-state index contributed by atoms with van der Waals surface area (Å²) in [6, 6.07) is 13.6. The molecule has 0 fully saturated rings. The van der Waals surface area contributed by atoms with Crippen LogP contribution in [0.4, 0.5) is 0 Å². The summed E-state index contributed by atoms with van der Waals surface area (Å²) in [5.41, 5.74) is 0.935. The number of hydrogen-bond donors (Lipinski definition) is 0. The Bertz CT molecular complexity index is 910. The summed E-state index contributed by atoms with van der Waals surface area (Å²) in [6.07, 6.45) is 0. The molecular formula is C19H21NO4S. The fourth-order valence-electron chi connectivity index (χ4n) is 2.27. The Labute approximate surface area is 148 Å². The number of ether oxygens (including phenoxy) is 1. The van der Waals surface area contributed by atoms with Crippen molar-refractivity contribution in [2.75, 3.05) is 0 Å². The number of carbonyl (C=O) groups excluding carboxylic acids is 2. The van der Waals surface area contributed by atoms with Gasteiger partial charge in [-0.15, -0.1) is 0 Å². The second-order valence-electron chi connectivity index (χ2n) is 5.92. The zero-order valence-electron chi connectivity index (χ0n) is 14.7. The number of carbonyl (C=O) groups is 2. The van der Waals surface area contributed by atoms with Crippen LogP contribution in [0.5, 0.6) is 5.75 Å². The molecular weight excluding hydrogens is 338 g/mol. The second-order valence-corrected chi connectivity index (χ2v) is 8.65. The van der Waals surface area contributed by atoms with Gasteiger partial charge in [0.05, 0.1) is 15.3 Å². The molecule has 2 aromatic rings. The van der Waals surface area contributed by atoms with Crippen LogP contribution in [0.2, 0.25) is 0 Å². The quantitative estimate of drug-likeness (QED) is 0.611. The van der Waals surface area contributed by atoms with Crippen molar-refractivity contribution >= 4 is 21.6 Å². The molecule has 25 heavy (non-hydrogen) atoms. The largest absolute Gasteiger partial charge is 0.426 e. The Hall–Kier alpha value is -2.47. The van der Waals surface area contributed by atoms with Crippen LogP contribution in [-0.2, 0) is 14.5 Å². The highest BCUT2D eigenvalue weighted by Crippen LogP contribution is 2.25. The number of nitrogens with zero attached hydrogens (tertiary/aromatic N) is 1. The predicted molar refractivity (Wildman–Crippen MR) is 97.2 cm³/mol. The fourth-order valence-corrected chi connectivity index (χ4v) is 4.03. The molecule has 1 amide bonds. The average molecular weight is 359 g/mol. The maximum absolute atomic E-state index is 13.4. The molecule has 0 aliphatic rings. The molecule has 0 N–H and O–H groups in total. The number of esters is 1. The third-order valence-corrected chi connectivity index (χ3v) is 6.22. The predicted octanol–water partition coefficient (Wildman–Crippen LogP) is 4.00. The van der Waals surface area contributed by atoms with Gasteiger partial charge in [-0.3, -0.25) is 9.59 Å². The Morgan fingerprint density at radius 3 is 2.28 bits per heavy atom. The van der Waals surface area contributed by atoms with Gasteiger partial charge >= 0.3 is 5.97 Å². The van der Waals surface area contributed by atoms with Crippen molar-refractivity contribution in [3.63, 3.8) is 0 Å². The van der Waals surface area contributed by atoms with Gasteiger partial charge in [-0.25, -0.2) is 4.21 Å². The maximum atomic E-state index is 13.4. The van der Waals surface area contributed by atoms with Crippen molar-refractivity contribution in [2.24, 2.45) is 4.36 Å². The van der Waals surface area contributed by atoms with E-state index in [1.54, 1.807) is 56.3 Å². The van der Waals surface area contributed by atoms with Gasteiger partial charge in [-0.05, 0) is 45.0 Å². The zero-order valence-corrected chi connectivity index (χ0v) is 15.5. The third-order valence-electron chi connectivity index (χ3n) is 3.56. The second kappa shape index (κ2) is 7.61. The van der Waals surface area contributed by atoms with E-state index in [0.717, 1.165) is 5.56 Å². The van der Waals surface area contributed by atoms with E-state index >= 15 is 0 Å². The molecule has 0 saturated carbocycles. The Morgan fingerprint density at radius 2 is 1.72 bits per heavy atom. The van der Waals surface area contributed by atoms with E-state index in [9.17, 15) is 13.8 Å². The molecule has 0 aromatic heterocycles. The van der Waals surface area contributed by atoms with E-state index in [1.807, 2.05) is 13.0 Å². The molecule has 0 spiro atoms. The fraction of sp³-hybridized carbons (Fsp3) is 0.263.